The molecule has 0 unspecified atom stereocenters. The predicted octanol–water partition coefficient (Wildman–Crippen LogP) is 2.26. The summed E-state index contributed by atoms with van der Waals surface area (Å²) in [5.74, 6) is 2.65. The summed E-state index contributed by atoms with van der Waals surface area (Å²) in [6.45, 7) is 1.84. The molecule has 0 radical (unpaired) electrons. The first-order valence-electron chi connectivity index (χ1n) is 3.87. The lowest BCUT2D eigenvalue weighted by Crippen LogP contribution is -1.95. The molecule has 0 amide bonds. The molecule has 0 heterocycles. The molecule has 0 fully saturated rings. The summed E-state index contributed by atoms with van der Waals surface area (Å²) in [4.78, 5) is 11.2. The maximum Gasteiger partial charge on any atom is 0.162 e. The first-order valence-corrected chi connectivity index (χ1v) is 3.87. The van der Waals surface area contributed by atoms with Crippen LogP contribution in [0.1, 0.15) is 29.3 Å². The van der Waals surface area contributed by atoms with Crippen LogP contribution >= 0.6 is 0 Å². The number of carbonyl (C=O) groups is 1. The van der Waals surface area contributed by atoms with Crippen molar-refractivity contribution in [2.24, 2.45) is 0 Å². The summed E-state index contributed by atoms with van der Waals surface area (Å²) in [7, 11) is 0. The summed E-state index contributed by atoms with van der Waals surface area (Å²) < 4.78 is 0. The van der Waals surface area contributed by atoms with Gasteiger partial charge in [0.15, 0.2) is 5.78 Å². The van der Waals surface area contributed by atoms with Crippen LogP contribution in [0.15, 0.2) is 24.3 Å². The van der Waals surface area contributed by atoms with E-state index in [-0.39, 0.29) is 5.78 Å². The van der Waals surface area contributed by atoms with E-state index in [0.29, 0.717) is 6.42 Å². The van der Waals surface area contributed by atoms with Gasteiger partial charge >= 0.3 is 0 Å². The van der Waals surface area contributed by atoms with E-state index in [2.05, 4.69) is 5.92 Å². The van der Waals surface area contributed by atoms with Crippen LogP contribution in [0, 0.1) is 12.3 Å². The number of hydrogen-bond donors (Lipinski definition) is 0. The number of hydrogen-bond acceptors (Lipinski definition) is 1. The van der Waals surface area contributed by atoms with Gasteiger partial charge in [0.05, 0.1) is 0 Å². The zero-order chi connectivity index (χ0) is 8.97. The lowest BCUT2D eigenvalue weighted by Gasteiger charge is -1.96. The number of benzene rings is 1. The Kier molecular flexibility index (Phi) is 2.66. The molecular formula is C11H10O. The molecule has 12 heavy (non-hydrogen) atoms. The van der Waals surface area contributed by atoms with Crippen molar-refractivity contribution < 1.29 is 4.79 Å². The van der Waals surface area contributed by atoms with Crippen LogP contribution in [0.2, 0.25) is 0 Å². The Bertz CT molecular complexity index is 314. The van der Waals surface area contributed by atoms with Crippen LogP contribution in [-0.4, -0.2) is 5.78 Å². The van der Waals surface area contributed by atoms with E-state index < -0.39 is 0 Å². The number of carbonyl (C=O) groups excluding carboxylic acids is 1. The molecule has 1 aromatic carbocycles. The second-order valence-corrected chi connectivity index (χ2v) is 2.50. The molecular weight excluding hydrogens is 148 g/mol. The lowest BCUT2D eigenvalue weighted by molar-refractivity contribution is 0.0988. The van der Waals surface area contributed by atoms with Crippen molar-refractivity contribution in [1.82, 2.24) is 0 Å². The van der Waals surface area contributed by atoms with Gasteiger partial charge in [0, 0.05) is 17.5 Å². The highest BCUT2D eigenvalue weighted by Gasteiger charge is 2.00. The zero-order valence-corrected chi connectivity index (χ0v) is 7.00. The van der Waals surface area contributed by atoms with Crippen molar-refractivity contribution in [3.63, 3.8) is 0 Å². The van der Waals surface area contributed by atoms with Crippen molar-refractivity contribution in [1.29, 1.82) is 0 Å². The Morgan fingerprint density at radius 3 is 2.42 bits per heavy atom. The Hall–Kier alpha value is -1.55. The minimum absolute atomic E-state index is 0.151. The van der Waals surface area contributed by atoms with E-state index in [1.165, 1.54) is 0 Å². The number of Topliss-reactive ketones (excluding diaryl/α,β-unsaturated/α-hetero) is 1. The number of rotatable bonds is 2. The quantitative estimate of drug-likeness (QED) is 0.476. The van der Waals surface area contributed by atoms with E-state index in [4.69, 9.17) is 6.42 Å². The molecule has 0 N–H and O–H groups in total. The second kappa shape index (κ2) is 3.73. The molecule has 0 aliphatic heterocycles. The fraction of sp³-hybridized carbons (Fsp3) is 0.182. The van der Waals surface area contributed by atoms with E-state index >= 15 is 0 Å². The van der Waals surface area contributed by atoms with E-state index in [9.17, 15) is 4.79 Å². The highest BCUT2D eigenvalue weighted by atomic mass is 16.1. The van der Waals surface area contributed by atoms with Gasteiger partial charge in [-0.3, -0.25) is 4.79 Å². The Balaban J connectivity index is 2.94. The molecule has 1 rings (SSSR count). The van der Waals surface area contributed by atoms with E-state index in [0.717, 1.165) is 11.1 Å². The summed E-state index contributed by atoms with van der Waals surface area (Å²) in [5.41, 5.74) is 1.54. The molecule has 0 aliphatic rings. The van der Waals surface area contributed by atoms with Crippen LogP contribution in [0.5, 0.6) is 0 Å². The van der Waals surface area contributed by atoms with Crippen LogP contribution in [0.25, 0.3) is 0 Å². The maximum atomic E-state index is 11.2. The van der Waals surface area contributed by atoms with Gasteiger partial charge in [0.25, 0.3) is 0 Å². The molecule has 1 nitrogen and oxygen atoms in total. The summed E-state index contributed by atoms with van der Waals surface area (Å²) >= 11 is 0. The topological polar surface area (TPSA) is 17.1 Å². The summed E-state index contributed by atoms with van der Waals surface area (Å²) in [5, 5.41) is 0. The van der Waals surface area contributed by atoms with Crippen molar-refractivity contribution in [3.05, 3.63) is 35.4 Å². The fourth-order valence-corrected chi connectivity index (χ4v) is 0.956. The summed E-state index contributed by atoms with van der Waals surface area (Å²) in [6.07, 6.45) is 5.71. The van der Waals surface area contributed by atoms with Gasteiger partial charge in [-0.25, -0.2) is 0 Å². The van der Waals surface area contributed by atoms with Gasteiger partial charge in [-0.05, 0) is 12.1 Å². The Labute approximate surface area is 72.4 Å². The van der Waals surface area contributed by atoms with Gasteiger partial charge < -0.3 is 0 Å². The molecule has 0 aliphatic carbocycles. The third-order valence-corrected chi connectivity index (χ3v) is 1.69. The van der Waals surface area contributed by atoms with Gasteiger partial charge in [-0.1, -0.05) is 25.0 Å². The second-order valence-electron chi connectivity index (χ2n) is 2.50. The molecule has 60 valence electrons. The maximum absolute atomic E-state index is 11.2. The van der Waals surface area contributed by atoms with E-state index in [1.807, 2.05) is 6.92 Å². The molecule has 0 saturated carbocycles. The minimum Gasteiger partial charge on any atom is -0.294 e. The SMILES string of the molecule is C#Cc1ccc(C(=O)CC)cc1. The first kappa shape index (κ1) is 8.55. The summed E-state index contributed by atoms with van der Waals surface area (Å²) in [6, 6.07) is 7.09. The largest absolute Gasteiger partial charge is 0.294 e. The number of terminal acetylenes is 1. The monoisotopic (exact) mass is 158 g/mol. The first-order chi connectivity index (χ1) is 5.77. The molecule has 0 saturated heterocycles. The van der Waals surface area contributed by atoms with Gasteiger partial charge in [-0.2, -0.15) is 0 Å². The standard InChI is InChI=1S/C11H10O/c1-3-9-5-7-10(8-6-9)11(12)4-2/h1,5-8H,4H2,2H3. The smallest absolute Gasteiger partial charge is 0.162 e. The third-order valence-electron chi connectivity index (χ3n) is 1.69. The zero-order valence-electron chi connectivity index (χ0n) is 7.00. The average Bonchev–Trinajstić information content (AvgIpc) is 2.17. The minimum atomic E-state index is 0.151. The normalized spacial score (nSPS) is 9.00. The average molecular weight is 158 g/mol. The van der Waals surface area contributed by atoms with Crippen molar-refractivity contribution in [2.75, 3.05) is 0 Å². The molecule has 0 aromatic heterocycles. The Morgan fingerprint density at radius 1 is 1.42 bits per heavy atom. The van der Waals surface area contributed by atoms with E-state index in [1.54, 1.807) is 24.3 Å². The highest BCUT2D eigenvalue weighted by Crippen LogP contribution is 2.05. The lowest BCUT2D eigenvalue weighted by atomic mass is 10.1. The molecule has 1 aromatic rings. The predicted molar refractivity (Wildman–Crippen MR) is 49.0 cm³/mol. The van der Waals surface area contributed by atoms with Crippen LogP contribution in [-0.2, 0) is 0 Å². The fourth-order valence-electron chi connectivity index (χ4n) is 0.956. The van der Waals surface area contributed by atoms with Crippen LogP contribution in [0.3, 0.4) is 0 Å². The van der Waals surface area contributed by atoms with Gasteiger partial charge in [0.2, 0.25) is 0 Å². The molecule has 0 spiro atoms. The van der Waals surface area contributed by atoms with Gasteiger partial charge in [0.1, 0.15) is 0 Å². The molecule has 1 heteroatoms. The van der Waals surface area contributed by atoms with Crippen molar-refractivity contribution >= 4 is 5.78 Å². The van der Waals surface area contributed by atoms with Gasteiger partial charge in [-0.15, -0.1) is 6.42 Å². The third kappa shape index (κ3) is 1.73. The van der Waals surface area contributed by atoms with Crippen LogP contribution in [0.4, 0.5) is 0 Å². The number of ketones is 1. The highest BCUT2D eigenvalue weighted by molar-refractivity contribution is 5.95. The molecule has 0 bridgehead atoms. The van der Waals surface area contributed by atoms with Crippen molar-refractivity contribution in [3.8, 4) is 12.3 Å². The molecule has 0 atom stereocenters. The van der Waals surface area contributed by atoms with Crippen molar-refractivity contribution in [2.45, 2.75) is 13.3 Å². The van der Waals surface area contributed by atoms with Crippen LogP contribution < -0.4 is 0 Å². The Morgan fingerprint density at radius 2 is 2.00 bits per heavy atom.